The lowest BCUT2D eigenvalue weighted by atomic mass is 10.2. The molecule has 0 bridgehead atoms. The number of nitrogens with one attached hydrogen (secondary N) is 1. The normalized spacial score (nSPS) is 9.71. The van der Waals surface area contributed by atoms with E-state index in [2.05, 4.69) is 10.3 Å². The van der Waals surface area contributed by atoms with E-state index in [1.165, 1.54) is 0 Å². The van der Waals surface area contributed by atoms with Gasteiger partial charge in [0.15, 0.2) is 0 Å². The van der Waals surface area contributed by atoms with Crippen LogP contribution in [-0.4, -0.2) is 4.98 Å². The number of anilines is 2. The number of hydrogen-bond donors (Lipinski definition) is 1. The van der Waals surface area contributed by atoms with Crippen molar-refractivity contribution in [2.24, 2.45) is 0 Å². The molecule has 17 heavy (non-hydrogen) atoms. The van der Waals surface area contributed by atoms with Crippen LogP contribution in [0, 0.1) is 11.3 Å². The molecule has 2 aromatic rings. The molecule has 0 aliphatic carbocycles. The minimum absolute atomic E-state index is 0.434. The van der Waals surface area contributed by atoms with E-state index in [0.29, 0.717) is 27.1 Å². The molecule has 0 unspecified atom stereocenters. The van der Waals surface area contributed by atoms with Gasteiger partial charge in [0.1, 0.15) is 11.9 Å². The number of rotatable bonds is 2. The molecule has 0 spiro atoms. The highest BCUT2D eigenvalue weighted by atomic mass is 35.5. The van der Waals surface area contributed by atoms with Gasteiger partial charge in [0.25, 0.3) is 0 Å². The summed E-state index contributed by atoms with van der Waals surface area (Å²) in [5.41, 5.74) is 0.981. The Bertz CT molecular complexity index is 570. The third-order valence-corrected chi connectivity index (χ3v) is 2.76. The zero-order valence-electron chi connectivity index (χ0n) is 8.61. The first-order valence-electron chi connectivity index (χ1n) is 4.78. The van der Waals surface area contributed by atoms with Gasteiger partial charge in [0.05, 0.1) is 21.3 Å². The SMILES string of the molecule is N#Cc1cccnc1Nc1c(Cl)cccc1Cl. The summed E-state index contributed by atoms with van der Waals surface area (Å²) in [6, 6.07) is 10.6. The highest BCUT2D eigenvalue weighted by molar-refractivity contribution is 6.39. The Labute approximate surface area is 109 Å². The second-order valence-corrected chi connectivity index (χ2v) is 4.05. The molecule has 1 heterocycles. The van der Waals surface area contributed by atoms with Crippen LogP contribution in [0.4, 0.5) is 11.5 Å². The van der Waals surface area contributed by atoms with Gasteiger partial charge in [-0.15, -0.1) is 0 Å². The molecular formula is C12H7Cl2N3. The third-order valence-electron chi connectivity index (χ3n) is 2.13. The van der Waals surface area contributed by atoms with Crippen LogP contribution in [0.1, 0.15) is 5.56 Å². The molecular weight excluding hydrogens is 257 g/mol. The molecule has 0 saturated heterocycles. The fraction of sp³-hybridized carbons (Fsp3) is 0. The maximum absolute atomic E-state index is 8.94. The Balaban J connectivity index is 2.42. The number of para-hydroxylation sites is 1. The fourth-order valence-corrected chi connectivity index (χ4v) is 1.82. The second kappa shape index (κ2) is 5.05. The van der Waals surface area contributed by atoms with E-state index >= 15 is 0 Å². The Hall–Kier alpha value is -1.76. The van der Waals surface area contributed by atoms with Gasteiger partial charge in [-0.2, -0.15) is 5.26 Å². The molecule has 0 amide bonds. The maximum Gasteiger partial charge on any atom is 0.148 e. The van der Waals surface area contributed by atoms with Crippen LogP contribution in [0.15, 0.2) is 36.5 Å². The van der Waals surface area contributed by atoms with Crippen LogP contribution in [0.2, 0.25) is 10.0 Å². The van der Waals surface area contributed by atoms with Gasteiger partial charge in [-0.25, -0.2) is 4.98 Å². The van der Waals surface area contributed by atoms with Crippen molar-refractivity contribution in [3.8, 4) is 6.07 Å². The number of halogens is 2. The van der Waals surface area contributed by atoms with Crippen molar-refractivity contribution in [1.82, 2.24) is 4.98 Å². The van der Waals surface area contributed by atoms with Crippen molar-refractivity contribution in [1.29, 1.82) is 5.26 Å². The van der Waals surface area contributed by atoms with Gasteiger partial charge in [-0.3, -0.25) is 0 Å². The first-order valence-corrected chi connectivity index (χ1v) is 5.54. The largest absolute Gasteiger partial charge is 0.337 e. The zero-order chi connectivity index (χ0) is 12.3. The van der Waals surface area contributed by atoms with Crippen LogP contribution in [0.5, 0.6) is 0 Å². The first kappa shape index (κ1) is 11.7. The minimum atomic E-state index is 0.434. The summed E-state index contributed by atoms with van der Waals surface area (Å²) in [5.74, 6) is 0.435. The van der Waals surface area contributed by atoms with Crippen molar-refractivity contribution >= 4 is 34.7 Å². The number of nitrogens with zero attached hydrogens (tertiary/aromatic N) is 2. The highest BCUT2D eigenvalue weighted by Crippen LogP contribution is 2.32. The second-order valence-electron chi connectivity index (χ2n) is 3.23. The van der Waals surface area contributed by atoms with Gasteiger partial charge < -0.3 is 5.32 Å². The predicted octanol–water partition coefficient (Wildman–Crippen LogP) is 4.00. The molecule has 0 fully saturated rings. The Kier molecular flexibility index (Phi) is 3.48. The van der Waals surface area contributed by atoms with E-state index in [9.17, 15) is 0 Å². The molecule has 1 N–H and O–H groups in total. The Morgan fingerprint density at radius 3 is 2.47 bits per heavy atom. The molecule has 0 radical (unpaired) electrons. The number of nitriles is 1. The van der Waals surface area contributed by atoms with Crippen molar-refractivity contribution in [2.75, 3.05) is 5.32 Å². The summed E-state index contributed by atoms with van der Waals surface area (Å²) < 4.78 is 0. The number of pyridine rings is 1. The van der Waals surface area contributed by atoms with Gasteiger partial charge in [0.2, 0.25) is 0 Å². The van der Waals surface area contributed by atoms with Crippen LogP contribution < -0.4 is 5.32 Å². The lowest BCUT2D eigenvalue weighted by Gasteiger charge is -2.10. The summed E-state index contributed by atoms with van der Waals surface area (Å²) in [4.78, 5) is 4.08. The third kappa shape index (κ3) is 2.50. The standard InChI is InChI=1S/C12H7Cl2N3/c13-9-4-1-5-10(14)11(9)17-12-8(7-15)3-2-6-16-12/h1-6H,(H,16,17). The van der Waals surface area contributed by atoms with E-state index in [1.807, 2.05) is 6.07 Å². The monoisotopic (exact) mass is 263 g/mol. The van der Waals surface area contributed by atoms with Gasteiger partial charge in [-0.1, -0.05) is 29.3 Å². The molecule has 2 rings (SSSR count). The summed E-state index contributed by atoms with van der Waals surface area (Å²) in [5, 5.41) is 12.9. The van der Waals surface area contributed by atoms with Crippen molar-refractivity contribution < 1.29 is 0 Å². The highest BCUT2D eigenvalue weighted by Gasteiger charge is 2.08. The van der Waals surface area contributed by atoms with E-state index in [4.69, 9.17) is 28.5 Å². The maximum atomic E-state index is 8.94. The van der Waals surface area contributed by atoms with Gasteiger partial charge in [-0.05, 0) is 24.3 Å². The zero-order valence-corrected chi connectivity index (χ0v) is 10.1. The Morgan fingerprint density at radius 2 is 1.82 bits per heavy atom. The molecule has 1 aromatic carbocycles. The lowest BCUT2D eigenvalue weighted by Crippen LogP contribution is -1.97. The van der Waals surface area contributed by atoms with Crippen molar-refractivity contribution in [2.45, 2.75) is 0 Å². The van der Waals surface area contributed by atoms with Crippen LogP contribution in [-0.2, 0) is 0 Å². The predicted molar refractivity (Wildman–Crippen MR) is 68.7 cm³/mol. The summed E-state index contributed by atoms with van der Waals surface area (Å²) >= 11 is 12.0. The molecule has 84 valence electrons. The summed E-state index contributed by atoms with van der Waals surface area (Å²) in [7, 11) is 0. The van der Waals surface area contributed by atoms with Crippen LogP contribution in [0.25, 0.3) is 0 Å². The average molecular weight is 264 g/mol. The smallest absolute Gasteiger partial charge is 0.148 e. The average Bonchev–Trinajstić information content (AvgIpc) is 2.34. The molecule has 1 aromatic heterocycles. The van der Waals surface area contributed by atoms with Crippen LogP contribution in [0.3, 0.4) is 0 Å². The molecule has 3 nitrogen and oxygen atoms in total. The summed E-state index contributed by atoms with van der Waals surface area (Å²) in [6.07, 6.45) is 1.59. The van der Waals surface area contributed by atoms with E-state index < -0.39 is 0 Å². The van der Waals surface area contributed by atoms with Gasteiger partial charge >= 0.3 is 0 Å². The number of benzene rings is 1. The molecule has 0 aliphatic heterocycles. The molecule has 0 saturated carbocycles. The molecule has 0 aliphatic rings. The van der Waals surface area contributed by atoms with Crippen molar-refractivity contribution in [3.63, 3.8) is 0 Å². The van der Waals surface area contributed by atoms with E-state index in [-0.39, 0.29) is 0 Å². The van der Waals surface area contributed by atoms with Crippen molar-refractivity contribution in [3.05, 3.63) is 52.1 Å². The number of hydrogen-bond acceptors (Lipinski definition) is 3. The van der Waals surface area contributed by atoms with E-state index in [0.717, 1.165) is 0 Å². The first-order chi connectivity index (χ1) is 8.22. The molecule has 0 atom stereocenters. The van der Waals surface area contributed by atoms with Gasteiger partial charge in [0, 0.05) is 6.20 Å². The Morgan fingerprint density at radius 1 is 1.12 bits per heavy atom. The minimum Gasteiger partial charge on any atom is -0.337 e. The molecule has 5 heteroatoms. The lowest BCUT2D eigenvalue weighted by molar-refractivity contribution is 1.28. The fourth-order valence-electron chi connectivity index (χ4n) is 1.33. The summed E-state index contributed by atoms with van der Waals surface area (Å²) in [6.45, 7) is 0. The topological polar surface area (TPSA) is 48.7 Å². The number of aromatic nitrogens is 1. The van der Waals surface area contributed by atoms with Crippen LogP contribution >= 0.6 is 23.2 Å². The van der Waals surface area contributed by atoms with E-state index in [1.54, 1.807) is 36.5 Å². The quantitative estimate of drug-likeness (QED) is 0.891.